The molecule has 154 valence electrons. The molecule has 0 bridgehead atoms. The highest BCUT2D eigenvalue weighted by Gasteiger charge is 2.40. The number of aromatic carboxylic acids is 1. The van der Waals surface area contributed by atoms with Crippen LogP contribution in [0.3, 0.4) is 0 Å². The average molecular weight is 397 g/mol. The number of hydrogen-bond acceptors (Lipinski definition) is 4. The van der Waals surface area contributed by atoms with Gasteiger partial charge in [-0.15, -0.1) is 5.06 Å². The van der Waals surface area contributed by atoms with Gasteiger partial charge in [0.05, 0.1) is 12.1 Å². The first-order valence-corrected chi connectivity index (χ1v) is 9.78. The highest BCUT2D eigenvalue weighted by atomic mass is 16.7. The molecule has 3 rings (SSSR count). The topological polar surface area (TPSA) is 76.1 Å². The van der Waals surface area contributed by atoms with Crippen molar-refractivity contribution >= 4 is 12.1 Å². The van der Waals surface area contributed by atoms with Gasteiger partial charge in [-0.05, 0) is 57.4 Å². The van der Waals surface area contributed by atoms with Gasteiger partial charge in [-0.2, -0.15) is 0 Å². The number of carbonyl (C=O) groups is 2. The Balaban J connectivity index is 2.12. The molecule has 0 saturated heterocycles. The summed E-state index contributed by atoms with van der Waals surface area (Å²) in [5, 5.41) is 10.7. The quantitative estimate of drug-likeness (QED) is 0.787. The number of rotatable bonds is 3. The highest BCUT2D eigenvalue weighted by Crippen LogP contribution is 2.45. The molecule has 0 saturated carbocycles. The number of fused-ring (bicyclic) bond motifs is 1. The normalized spacial score (nSPS) is 19.0. The van der Waals surface area contributed by atoms with Crippen LogP contribution in [0, 0.1) is 0 Å². The Kier molecular flexibility index (Phi) is 5.55. The van der Waals surface area contributed by atoms with Gasteiger partial charge in [-0.3, -0.25) is 0 Å². The summed E-state index contributed by atoms with van der Waals surface area (Å²) in [5.74, 6) is -0.539. The third-order valence-electron chi connectivity index (χ3n) is 5.22. The number of hydrogen-bond donors (Lipinski definition) is 1. The van der Waals surface area contributed by atoms with Gasteiger partial charge in [-0.25, -0.2) is 9.59 Å². The summed E-state index contributed by atoms with van der Waals surface area (Å²) >= 11 is 0. The standard InChI is InChI=1S/C23H27NO5/c1-5-23(17-9-7-6-8-10-17)13-14-24(21(27)28-22(2,3)4)29-19-12-11-16(20(25)26)15-18(19)23/h6-12,15H,5,13-14H2,1-4H3,(H,25,26). The molecule has 1 atom stereocenters. The van der Waals surface area contributed by atoms with E-state index >= 15 is 0 Å². The van der Waals surface area contributed by atoms with Crippen LogP contribution >= 0.6 is 0 Å². The van der Waals surface area contributed by atoms with Gasteiger partial charge < -0.3 is 14.7 Å². The Morgan fingerprint density at radius 3 is 2.45 bits per heavy atom. The zero-order valence-corrected chi connectivity index (χ0v) is 17.3. The Morgan fingerprint density at radius 2 is 1.86 bits per heavy atom. The van der Waals surface area contributed by atoms with Crippen molar-refractivity contribution in [3.8, 4) is 5.75 Å². The molecule has 1 amide bonds. The summed E-state index contributed by atoms with van der Waals surface area (Å²) in [5.41, 5.74) is 0.868. The fraction of sp³-hybridized carbons (Fsp3) is 0.391. The van der Waals surface area contributed by atoms with E-state index in [1.807, 2.05) is 30.3 Å². The van der Waals surface area contributed by atoms with Crippen LogP contribution in [-0.2, 0) is 10.2 Å². The van der Waals surface area contributed by atoms with Crippen LogP contribution in [0.25, 0.3) is 0 Å². The number of carbonyl (C=O) groups excluding carboxylic acids is 1. The number of hydroxylamine groups is 2. The minimum absolute atomic E-state index is 0.187. The van der Waals surface area contributed by atoms with Gasteiger partial charge in [0.15, 0.2) is 5.75 Å². The number of amides is 1. The minimum Gasteiger partial charge on any atom is -0.478 e. The van der Waals surface area contributed by atoms with E-state index in [1.54, 1.807) is 32.9 Å². The molecule has 0 spiro atoms. The van der Waals surface area contributed by atoms with Crippen LogP contribution in [0.1, 0.15) is 62.0 Å². The van der Waals surface area contributed by atoms with Crippen LogP contribution in [0.5, 0.6) is 5.75 Å². The monoisotopic (exact) mass is 397 g/mol. The van der Waals surface area contributed by atoms with E-state index < -0.39 is 23.1 Å². The predicted octanol–water partition coefficient (Wildman–Crippen LogP) is 5.02. The Labute approximate surface area is 171 Å². The summed E-state index contributed by atoms with van der Waals surface area (Å²) in [6, 6.07) is 14.7. The molecule has 2 aromatic carbocycles. The first-order valence-electron chi connectivity index (χ1n) is 9.78. The first kappa shape index (κ1) is 20.7. The second-order valence-corrected chi connectivity index (χ2v) is 8.24. The molecule has 0 aliphatic carbocycles. The number of benzene rings is 2. The molecular weight excluding hydrogens is 370 g/mol. The summed E-state index contributed by atoms with van der Waals surface area (Å²) < 4.78 is 5.49. The lowest BCUT2D eigenvalue weighted by Gasteiger charge is -2.33. The molecule has 1 aliphatic rings. The van der Waals surface area contributed by atoms with Gasteiger partial charge in [0.25, 0.3) is 0 Å². The van der Waals surface area contributed by atoms with Gasteiger partial charge in [0, 0.05) is 11.0 Å². The van der Waals surface area contributed by atoms with Crippen molar-refractivity contribution in [2.75, 3.05) is 6.54 Å². The molecule has 0 fully saturated rings. The van der Waals surface area contributed by atoms with Crippen LogP contribution < -0.4 is 4.84 Å². The Hall–Kier alpha value is -3.02. The summed E-state index contributed by atoms with van der Waals surface area (Å²) in [6.07, 6.45) is 0.729. The summed E-state index contributed by atoms with van der Waals surface area (Å²) in [4.78, 5) is 30.2. The average Bonchev–Trinajstić information content (AvgIpc) is 2.84. The molecule has 6 heteroatoms. The summed E-state index contributed by atoms with van der Waals surface area (Å²) in [6.45, 7) is 7.78. The van der Waals surface area contributed by atoms with Crippen molar-refractivity contribution in [3.63, 3.8) is 0 Å². The second-order valence-electron chi connectivity index (χ2n) is 8.24. The van der Waals surface area contributed by atoms with Crippen LogP contribution in [0.4, 0.5) is 4.79 Å². The lowest BCUT2D eigenvalue weighted by molar-refractivity contribution is -0.0708. The van der Waals surface area contributed by atoms with Crippen LogP contribution in [0.2, 0.25) is 0 Å². The second kappa shape index (κ2) is 7.78. The first-order chi connectivity index (χ1) is 13.7. The molecule has 0 aromatic heterocycles. The SMILES string of the molecule is CCC1(c2ccccc2)CCN(C(=O)OC(C)(C)C)Oc2ccc(C(=O)O)cc21. The Bertz CT molecular complexity index is 903. The van der Waals surface area contributed by atoms with Crippen LogP contribution in [-0.4, -0.2) is 34.4 Å². The van der Waals surface area contributed by atoms with Gasteiger partial charge >= 0.3 is 12.1 Å². The number of carboxylic acid groups (broad SMARTS) is 1. The molecular formula is C23H27NO5. The minimum atomic E-state index is -1.00. The van der Waals surface area contributed by atoms with Crippen molar-refractivity contribution in [2.24, 2.45) is 0 Å². The zero-order chi connectivity index (χ0) is 21.2. The Morgan fingerprint density at radius 1 is 1.17 bits per heavy atom. The smallest absolute Gasteiger partial charge is 0.443 e. The molecule has 29 heavy (non-hydrogen) atoms. The van der Waals surface area contributed by atoms with Crippen LogP contribution in [0.15, 0.2) is 48.5 Å². The van der Waals surface area contributed by atoms with Gasteiger partial charge in [-0.1, -0.05) is 37.3 Å². The van der Waals surface area contributed by atoms with Crippen molar-refractivity contribution in [1.29, 1.82) is 0 Å². The fourth-order valence-corrected chi connectivity index (χ4v) is 3.78. The molecule has 1 N–H and O–H groups in total. The van der Waals surface area contributed by atoms with E-state index in [-0.39, 0.29) is 5.56 Å². The maximum Gasteiger partial charge on any atom is 0.443 e. The maximum absolute atomic E-state index is 12.7. The third-order valence-corrected chi connectivity index (χ3v) is 5.22. The van der Waals surface area contributed by atoms with Gasteiger partial charge in [0.1, 0.15) is 5.60 Å². The zero-order valence-electron chi connectivity index (χ0n) is 17.3. The van der Waals surface area contributed by atoms with E-state index in [4.69, 9.17) is 9.57 Å². The molecule has 2 aromatic rings. The maximum atomic E-state index is 12.7. The molecule has 0 radical (unpaired) electrons. The van der Waals surface area contributed by atoms with Crippen molar-refractivity contribution < 1.29 is 24.3 Å². The van der Waals surface area contributed by atoms with E-state index in [9.17, 15) is 14.7 Å². The van der Waals surface area contributed by atoms with Gasteiger partial charge in [0.2, 0.25) is 0 Å². The van der Waals surface area contributed by atoms with E-state index in [1.165, 1.54) is 11.1 Å². The fourth-order valence-electron chi connectivity index (χ4n) is 3.78. The summed E-state index contributed by atoms with van der Waals surface area (Å²) in [7, 11) is 0. The van der Waals surface area contributed by atoms with E-state index in [0.717, 1.165) is 17.5 Å². The van der Waals surface area contributed by atoms with E-state index in [2.05, 4.69) is 6.92 Å². The van der Waals surface area contributed by atoms with Crippen molar-refractivity contribution in [1.82, 2.24) is 5.06 Å². The van der Waals surface area contributed by atoms with Crippen molar-refractivity contribution in [3.05, 3.63) is 65.2 Å². The lowest BCUT2D eigenvalue weighted by Crippen LogP contribution is -2.40. The largest absolute Gasteiger partial charge is 0.478 e. The molecule has 1 aliphatic heterocycles. The highest BCUT2D eigenvalue weighted by molar-refractivity contribution is 5.88. The van der Waals surface area contributed by atoms with E-state index in [0.29, 0.717) is 18.7 Å². The molecule has 1 heterocycles. The van der Waals surface area contributed by atoms with Crippen molar-refractivity contribution in [2.45, 2.75) is 51.6 Å². The lowest BCUT2D eigenvalue weighted by atomic mass is 9.69. The third kappa shape index (κ3) is 4.21. The molecule has 1 unspecified atom stereocenters. The number of carboxylic acids is 1. The molecule has 6 nitrogen and oxygen atoms in total. The number of nitrogens with zero attached hydrogens (tertiary/aromatic N) is 1. The number of ether oxygens (including phenoxy) is 1. The predicted molar refractivity (Wildman–Crippen MR) is 109 cm³/mol.